The second kappa shape index (κ2) is 3.54. The summed E-state index contributed by atoms with van der Waals surface area (Å²) >= 11 is 0. The zero-order valence-corrected chi connectivity index (χ0v) is 4.74. The summed E-state index contributed by atoms with van der Waals surface area (Å²) in [6.45, 7) is 6.07. The molecule has 0 rings (SSSR count). The summed E-state index contributed by atoms with van der Waals surface area (Å²) in [6, 6.07) is 0. The van der Waals surface area contributed by atoms with E-state index in [4.69, 9.17) is 5.11 Å². The molecule has 0 radical (unpaired) electrons. The topological polar surface area (TPSA) is 62.0 Å². The second-order valence-electron chi connectivity index (χ2n) is 1.16. The van der Waals surface area contributed by atoms with E-state index in [2.05, 4.69) is 23.4 Å². The second-order valence-corrected chi connectivity index (χ2v) is 1.16. The summed E-state index contributed by atoms with van der Waals surface area (Å²) < 4.78 is 0. The van der Waals surface area contributed by atoms with Crippen molar-refractivity contribution in [2.24, 2.45) is 9.98 Å². The van der Waals surface area contributed by atoms with Crippen molar-refractivity contribution < 1.29 is 9.90 Å². The van der Waals surface area contributed by atoms with Crippen molar-refractivity contribution in [1.29, 1.82) is 0 Å². The van der Waals surface area contributed by atoms with Gasteiger partial charge in [-0.05, 0) is 13.4 Å². The fraction of sp³-hybridized carbons (Fsp3) is 0. The van der Waals surface area contributed by atoms with Crippen molar-refractivity contribution in [1.82, 2.24) is 0 Å². The molecule has 0 spiro atoms. The first kappa shape index (κ1) is 7.55. The highest BCUT2D eigenvalue weighted by molar-refractivity contribution is 5.86. The summed E-state index contributed by atoms with van der Waals surface area (Å²) in [5.74, 6) is -1.16. The van der Waals surface area contributed by atoms with Crippen LogP contribution in [-0.2, 0) is 4.79 Å². The highest BCUT2D eigenvalue weighted by Gasteiger charge is 2.00. The smallest absolute Gasteiger partial charge is 0.356 e. The van der Waals surface area contributed by atoms with Crippen molar-refractivity contribution >= 4 is 19.4 Å². The summed E-state index contributed by atoms with van der Waals surface area (Å²) in [4.78, 5) is 16.4. The summed E-state index contributed by atoms with van der Waals surface area (Å²) in [7, 11) is 0. The van der Waals surface area contributed by atoms with E-state index in [-0.39, 0.29) is 5.70 Å². The van der Waals surface area contributed by atoms with E-state index in [1.807, 2.05) is 0 Å². The molecule has 48 valence electrons. The van der Waals surface area contributed by atoms with Crippen molar-refractivity contribution in [3.8, 4) is 0 Å². The normalized spacial score (nSPS) is 10.4. The van der Waals surface area contributed by atoms with Gasteiger partial charge in [-0.1, -0.05) is 0 Å². The van der Waals surface area contributed by atoms with Crippen LogP contribution < -0.4 is 0 Å². The van der Waals surface area contributed by atoms with Crippen LogP contribution in [0.1, 0.15) is 0 Å². The minimum absolute atomic E-state index is 0.204. The molecule has 0 bridgehead atoms. The Morgan fingerprint density at radius 3 is 2.22 bits per heavy atom. The number of aliphatic imine (C=N–C) groups is 2. The molecule has 0 unspecified atom stereocenters. The summed E-state index contributed by atoms with van der Waals surface area (Å²) in [5, 5.41) is 8.21. The number of carboxylic acids is 1. The molecule has 0 aliphatic heterocycles. The number of carboxylic acid groups (broad SMARTS) is 1. The Morgan fingerprint density at radius 2 is 2.11 bits per heavy atom. The van der Waals surface area contributed by atoms with Crippen molar-refractivity contribution in [3.63, 3.8) is 0 Å². The average molecular weight is 126 g/mol. The van der Waals surface area contributed by atoms with Gasteiger partial charge < -0.3 is 5.11 Å². The molecule has 0 aromatic rings. The molecule has 0 aliphatic carbocycles. The Balaban J connectivity index is 4.32. The Kier molecular flexibility index (Phi) is 2.97. The Labute approximate surface area is 52.3 Å². The van der Waals surface area contributed by atoms with Gasteiger partial charge in [-0.2, -0.15) is 0 Å². The maximum atomic E-state index is 10.0. The van der Waals surface area contributed by atoms with Crippen LogP contribution in [0.15, 0.2) is 21.9 Å². The third-order valence-electron chi connectivity index (χ3n) is 0.603. The van der Waals surface area contributed by atoms with Gasteiger partial charge in [-0.15, -0.1) is 0 Å². The third-order valence-corrected chi connectivity index (χ3v) is 0.603. The van der Waals surface area contributed by atoms with Gasteiger partial charge in [0, 0.05) is 0 Å². The van der Waals surface area contributed by atoms with Crippen LogP contribution in [0, 0.1) is 0 Å². The number of nitrogens with zero attached hydrogens (tertiary/aromatic N) is 2. The van der Waals surface area contributed by atoms with Crippen LogP contribution in [0.4, 0.5) is 0 Å². The monoisotopic (exact) mass is 126 g/mol. The van der Waals surface area contributed by atoms with E-state index < -0.39 is 5.97 Å². The fourth-order valence-electron chi connectivity index (χ4n) is 0.250. The van der Waals surface area contributed by atoms with E-state index in [1.165, 1.54) is 0 Å². The first-order chi connectivity index (χ1) is 4.22. The van der Waals surface area contributed by atoms with Gasteiger partial charge >= 0.3 is 5.97 Å². The van der Waals surface area contributed by atoms with Gasteiger partial charge in [0.05, 0.1) is 6.20 Å². The molecular formula is C5H6N2O2. The molecule has 0 amide bonds. The molecule has 0 fully saturated rings. The zero-order valence-electron chi connectivity index (χ0n) is 4.74. The lowest BCUT2D eigenvalue weighted by molar-refractivity contribution is -0.132. The molecule has 0 aliphatic rings. The van der Waals surface area contributed by atoms with Crippen molar-refractivity contribution in [3.05, 3.63) is 11.9 Å². The number of hydrogen-bond donors (Lipinski definition) is 1. The van der Waals surface area contributed by atoms with Crippen LogP contribution in [0.25, 0.3) is 0 Å². The molecule has 0 heterocycles. The Morgan fingerprint density at radius 1 is 1.56 bits per heavy atom. The Hall–Kier alpha value is -1.45. The van der Waals surface area contributed by atoms with Crippen LogP contribution in [0.3, 0.4) is 0 Å². The molecule has 0 saturated heterocycles. The number of aliphatic carboxylic acids is 1. The zero-order chi connectivity index (χ0) is 7.28. The minimum Gasteiger partial charge on any atom is -0.476 e. The molecule has 0 aromatic heterocycles. The predicted octanol–water partition coefficient (Wildman–Crippen LogP) is 0.314. The predicted molar refractivity (Wildman–Crippen MR) is 34.8 cm³/mol. The SMILES string of the molecule is C=N/C=C(\N=C)C(=O)O. The van der Waals surface area contributed by atoms with E-state index in [0.717, 1.165) is 6.20 Å². The highest BCUT2D eigenvalue weighted by atomic mass is 16.4. The highest BCUT2D eigenvalue weighted by Crippen LogP contribution is 1.93. The van der Waals surface area contributed by atoms with E-state index in [1.54, 1.807) is 0 Å². The quantitative estimate of drug-likeness (QED) is 0.437. The van der Waals surface area contributed by atoms with Crippen molar-refractivity contribution in [2.45, 2.75) is 0 Å². The molecule has 0 atom stereocenters. The molecule has 1 N–H and O–H groups in total. The largest absolute Gasteiger partial charge is 0.476 e. The third kappa shape index (κ3) is 2.38. The standard InChI is InChI=1S/C5H6N2O2/c1-6-3-4(7-2)5(8)9/h3H,1-2H2,(H,8,9)/b4-3-. The number of hydrogen-bond acceptors (Lipinski definition) is 3. The molecule has 9 heavy (non-hydrogen) atoms. The van der Waals surface area contributed by atoms with Crippen LogP contribution >= 0.6 is 0 Å². The van der Waals surface area contributed by atoms with E-state index in [0.29, 0.717) is 0 Å². The first-order valence-electron chi connectivity index (χ1n) is 2.08. The van der Waals surface area contributed by atoms with Gasteiger partial charge in [0.1, 0.15) is 0 Å². The fourth-order valence-corrected chi connectivity index (χ4v) is 0.250. The summed E-state index contributed by atoms with van der Waals surface area (Å²) in [6.07, 6.45) is 1.02. The maximum Gasteiger partial charge on any atom is 0.356 e. The van der Waals surface area contributed by atoms with E-state index in [9.17, 15) is 4.79 Å². The lowest BCUT2D eigenvalue weighted by atomic mass is 10.5. The molecule has 4 nitrogen and oxygen atoms in total. The summed E-state index contributed by atoms with van der Waals surface area (Å²) in [5.41, 5.74) is -0.204. The van der Waals surface area contributed by atoms with Crippen LogP contribution in [0.5, 0.6) is 0 Å². The van der Waals surface area contributed by atoms with Gasteiger partial charge in [0.15, 0.2) is 5.70 Å². The van der Waals surface area contributed by atoms with Crippen LogP contribution in [-0.4, -0.2) is 24.5 Å². The lowest BCUT2D eigenvalue weighted by Crippen LogP contribution is -1.95. The molecular weight excluding hydrogens is 120 g/mol. The number of rotatable bonds is 3. The maximum absolute atomic E-state index is 10.0. The van der Waals surface area contributed by atoms with Crippen molar-refractivity contribution in [2.75, 3.05) is 0 Å². The number of carbonyl (C=O) groups is 1. The van der Waals surface area contributed by atoms with Gasteiger partial charge in [0.2, 0.25) is 0 Å². The van der Waals surface area contributed by atoms with E-state index >= 15 is 0 Å². The van der Waals surface area contributed by atoms with Crippen LogP contribution in [0.2, 0.25) is 0 Å². The molecule has 4 heteroatoms. The first-order valence-corrected chi connectivity index (χ1v) is 2.08. The Bertz CT molecular complexity index is 172. The molecule has 0 aromatic carbocycles. The molecule has 0 saturated carbocycles. The van der Waals surface area contributed by atoms with Gasteiger partial charge in [-0.25, -0.2) is 4.79 Å². The van der Waals surface area contributed by atoms with Gasteiger partial charge in [0.25, 0.3) is 0 Å². The van der Waals surface area contributed by atoms with Gasteiger partial charge in [-0.3, -0.25) is 9.98 Å². The average Bonchev–Trinajstić information content (AvgIpc) is 1.82. The lowest BCUT2D eigenvalue weighted by Gasteiger charge is -1.86. The minimum atomic E-state index is -1.16.